The fraction of sp³-hybridized carbons (Fsp3) is 0.500. The summed E-state index contributed by atoms with van der Waals surface area (Å²) in [7, 11) is 0. The van der Waals surface area contributed by atoms with Crippen LogP contribution in [0.3, 0.4) is 0 Å². The third kappa shape index (κ3) is 2.10. The van der Waals surface area contributed by atoms with Gasteiger partial charge in [0.15, 0.2) is 0 Å². The van der Waals surface area contributed by atoms with E-state index < -0.39 is 19.0 Å². The minimum absolute atomic E-state index is 0.0144. The van der Waals surface area contributed by atoms with Gasteiger partial charge in [-0.1, -0.05) is 0 Å². The molecule has 1 radical (unpaired) electrons. The number of halogens is 4. The highest BCUT2D eigenvalue weighted by atomic mass is 19.3. The standard InChI is InChI=1S/C6H5F4N2O/c1-3-2-11-12(5(7)8)4(3)13-6(9)10/h5-6H,1H3. The van der Waals surface area contributed by atoms with E-state index in [2.05, 4.69) is 16.0 Å². The monoisotopic (exact) mass is 197 g/mol. The van der Waals surface area contributed by atoms with Crippen molar-refractivity contribution >= 4 is 0 Å². The lowest BCUT2D eigenvalue weighted by Gasteiger charge is -2.07. The Kier molecular flexibility index (Phi) is 2.74. The van der Waals surface area contributed by atoms with Gasteiger partial charge in [0.1, 0.15) is 6.20 Å². The normalized spacial score (nSPS) is 11.3. The molecular formula is C6H5F4N2O. The van der Waals surface area contributed by atoms with Crippen LogP contribution in [0, 0.1) is 13.1 Å². The van der Waals surface area contributed by atoms with Crippen molar-refractivity contribution < 1.29 is 22.3 Å². The summed E-state index contributed by atoms with van der Waals surface area (Å²) in [5.74, 6) is -0.662. The summed E-state index contributed by atoms with van der Waals surface area (Å²) in [4.78, 5) is 0. The molecule has 0 amide bonds. The van der Waals surface area contributed by atoms with Gasteiger partial charge in [0.05, 0.1) is 0 Å². The molecule has 7 heteroatoms. The predicted molar refractivity (Wildman–Crippen MR) is 33.7 cm³/mol. The minimum Gasteiger partial charge on any atom is -0.417 e. The number of aryl methyl sites for hydroxylation is 1. The largest absolute Gasteiger partial charge is 0.417 e. The minimum atomic E-state index is -3.15. The number of nitrogens with zero attached hydrogens (tertiary/aromatic N) is 2. The van der Waals surface area contributed by atoms with Gasteiger partial charge in [-0.3, -0.25) is 0 Å². The highest BCUT2D eigenvalue weighted by Gasteiger charge is 2.19. The first kappa shape index (κ1) is 9.82. The summed E-state index contributed by atoms with van der Waals surface area (Å²) >= 11 is 0. The Balaban J connectivity index is 2.94. The van der Waals surface area contributed by atoms with Crippen molar-refractivity contribution in [3.63, 3.8) is 0 Å². The molecule has 1 aromatic rings. The van der Waals surface area contributed by atoms with Gasteiger partial charge in [0.25, 0.3) is 0 Å². The summed E-state index contributed by atoms with van der Waals surface area (Å²) in [6, 6.07) is 0. The van der Waals surface area contributed by atoms with Gasteiger partial charge in [-0.25, -0.2) is 0 Å². The molecule has 1 heterocycles. The molecule has 0 aromatic carbocycles. The smallest absolute Gasteiger partial charge is 0.388 e. The Morgan fingerprint density at radius 2 is 2.00 bits per heavy atom. The third-order valence-corrected chi connectivity index (χ3v) is 1.24. The van der Waals surface area contributed by atoms with E-state index >= 15 is 0 Å². The van der Waals surface area contributed by atoms with Gasteiger partial charge < -0.3 is 4.74 Å². The van der Waals surface area contributed by atoms with E-state index in [1.807, 2.05) is 0 Å². The van der Waals surface area contributed by atoms with Crippen LogP contribution in [0.4, 0.5) is 17.6 Å². The average molecular weight is 197 g/mol. The quantitative estimate of drug-likeness (QED) is 0.693. The van der Waals surface area contributed by atoms with Crippen LogP contribution < -0.4 is 4.74 Å². The van der Waals surface area contributed by atoms with Crippen LogP contribution in [-0.4, -0.2) is 16.4 Å². The van der Waals surface area contributed by atoms with Crippen molar-refractivity contribution in [3.05, 3.63) is 11.8 Å². The van der Waals surface area contributed by atoms with E-state index in [1.165, 1.54) is 6.92 Å². The summed E-state index contributed by atoms with van der Waals surface area (Å²) in [5, 5.41) is 3.05. The third-order valence-electron chi connectivity index (χ3n) is 1.24. The topological polar surface area (TPSA) is 27.1 Å². The Hall–Kier alpha value is -1.27. The molecule has 0 saturated heterocycles. The Morgan fingerprint density at radius 1 is 1.38 bits per heavy atom. The first-order valence-corrected chi connectivity index (χ1v) is 3.22. The van der Waals surface area contributed by atoms with E-state index in [1.54, 1.807) is 0 Å². The number of hydrogen-bond acceptors (Lipinski definition) is 2. The van der Waals surface area contributed by atoms with Crippen molar-refractivity contribution in [1.29, 1.82) is 0 Å². The van der Waals surface area contributed by atoms with E-state index in [9.17, 15) is 17.6 Å². The van der Waals surface area contributed by atoms with Crippen molar-refractivity contribution in [2.45, 2.75) is 20.1 Å². The zero-order chi connectivity index (χ0) is 10.0. The molecule has 1 aromatic heterocycles. The first-order chi connectivity index (χ1) is 6.02. The SMILES string of the molecule is Cc1[c]nn(C(F)F)c1OC(F)F. The zero-order valence-electron chi connectivity index (χ0n) is 6.47. The molecule has 0 N–H and O–H groups in total. The number of rotatable bonds is 3. The summed E-state index contributed by atoms with van der Waals surface area (Å²) in [6.45, 7) is -4.87. The number of hydrogen-bond donors (Lipinski definition) is 0. The summed E-state index contributed by atoms with van der Waals surface area (Å²) < 4.78 is 51.4. The predicted octanol–water partition coefficient (Wildman–Crippen LogP) is 1.99. The Morgan fingerprint density at radius 3 is 2.46 bits per heavy atom. The molecule has 0 aliphatic heterocycles. The molecule has 13 heavy (non-hydrogen) atoms. The van der Waals surface area contributed by atoms with Gasteiger partial charge in [-0.05, 0) is 6.92 Å². The van der Waals surface area contributed by atoms with Gasteiger partial charge in [-0.2, -0.15) is 27.3 Å². The molecule has 0 atom stereocenters. The average Bonchev–Trinajstić information content (AvgIpc) is 2.32. The van der Waals surface area contributed by atoms with Crippen molar-refractivity contribution in [3.8, 4) is 5.88 Å². The second-order valence-electron chi connectivity index (χ2n) is 2.14. The van der Waals surface area contributed by atoms with Crippen molar-refractivity contribution in [2.75, 3.05) is 0 Å². The zero-order valence-corrected chi connectivity index (χ0v) is 6.47. The second kappa shape index (κ2) is 3.63. The molecule has 0 bridgehead atoms. The van der Waals surface area contributed by atoms with Crippen LogP contribution in [0.5, 0.6) is 5.88 Å². The van der Waals surface area contributed by atoms with Crippen LogP contribution >= 0.6 is 0 Å². The highest BCUT2D eigenvalue weighted by molar-refractivity contribution is 5.21. The lowest BCUT2D eigenvalue weighted by Crippen LogP contribution is -2.10. The summed E-state index contributed by atoms with van der Waals surface area (Å²) in [5.41, 5.74) is 0.0144. The van der Waals surface area contributed by atoms with Crippen LogP contribution in [-0.2, 0) is 0 Å². The molecule has 73 valence electrons. The van der Waals surface area contributed by atoms with Gasteiger partial charge in [0, 0.05) is 5.56 Å². The maximum Gasteiger partial charge on any atom is 0.388 e. The van der Waals surface area contributed by atoms with Gasteiger partial charge >= 0.3 is 13.2 Å². The first-order valence-electron chi connectivity index (χ1n) is 3.22. The van der Waals surface area contributed by atoms with E-state index in [-0.39, 0.29) is 10.2 Å². The van der Waals surface area contributed by atoms with Crippen LogP contribution in [0.2, 0.25) is 0 Å². The molecule has 0 saturated carbocycles. The van der Waals surface area contributed by atoms with Crippen molar-refractivity contribution in [1.82, 2.24) is 9.78 Å². The molecule has 3 nitrogen and oxygen atoms in total. The molecule has 0 unspecified atom stereocenters. The molecule has 0 fully saturated rings. The number of ether oxygens (including phenoxy) is 1. The molecule has 0 aliphatic rings. The van der Waals surface area contributed by atoms with E-state index in [0.717, 1.165) is 0 Å². The van der Waals surface area contributed by atoms with Crippen molar-refractivity contribution in [2.24, 2.45) is 0 Å². The Bertz CT molecular complexity index is 286. The Labute approximate surface area is 70.9 Å². The summed E-state index contributed by atoms with van der Waals surface area (Å²) in [6.07, 6.45) is 2.10. The van der Waals surface area contributed by atoms with E-state index in [4.69, 9.17) is 0 Å². The van der Waals surface area contributed by atoms with Crippen LogP contribution in [0.25, 0.3) is 0 Å². The molecule has 1 rings (SSSR count). The highest BCUT2D eigenvalue weighted by Crippen LogP contribution is 2.24. The van der Waals surface area contributed by atoms with Crippen LogP contribution in [0.15, 0.2) is 0 Å². The van der Waals surface area contributed by atoms with Gasteiger partial charge in [0.2, 0.25) is 5.88 Å². The fourth-order valence-electron chi connectivity index (χ4n) is 0.753. The second-order valence-corrected chi connectivity index (χ2v) is 2.14. The molecule has 0 spiro atoms. The fourth-order valence-corrected chi connectivity index (χ4v) is 0.753. The van der Waals surface area contributed by atoms with E-state index in [0.29, 0.717) is 0 Å². The van der Waals surface area contributed by atoms with Crippen LogP contribution in [0.1, 0.15) is 12.1 Å². The number of aromatic nitrogens is 2. The molecular weight excluding hydrogens is 192 g/mol. The lowest BCUT2D eigenvalue weighted by atomic mass is 10.4. The maximum atomic E-state index is 12.0. The van der Waals surface area contributed by atoms with Gasteiger partial charge in [-0.15, -0.1) is 0 Å². The number of alkyl halides is 4. The molecule has 0 aliphatic carbocycles. The lowest BCUT2D eigenvalue weighted by molar-refractivity contribution is -0.0649. The maximum absolute atomic E-state index is 12.0.